The van der Waals surface area contributed by atoms with E-state index in [9.17, 15) is 0 Å². The van der Waals surface area contributed by atoms with Gasteiger partial charge in [0.05, 0.1) is 11.2 Å². The molecule has 0 atom stereocenters. The van der Waals surface area contributed by atoms with E-state index in [1.165, 1.54) is 27.4 Å². The van der Waals surface area contributed by atoms with Gasteiger partial charge in [0.2, 0.25) is 0 Å². The third-order valence-electron chi connectivity index (χ3n) is 8.71. The van der Waals surface area contributed by atoms with E-state index in [0.29, 0.717) is 0 Å². The van der Waals surface area contributed by atoms with E-state index >= 15 is 0 Å². The van der Waals surface area contributed by atoms with Crippen molar-refractivity contribution in [2.24, 2.45) is 5.41 Å². The van der Waals surface area contributed by atoms with Crippen molar-refractivity contribution in [3.05, 3.63) is 59.7 Å². The van der Waals surface area contributed by atoms with E-state index in [0.717, 1.165) is 28.4 Å². The third-order valence-corrected chi connectivity index (χ3v) is 8.71. The van der Waals surface area contributed by atoms with E-state index in [1.54, 1.807) is 0 Å². The summed E-state index contributed by atoms with van der Waals surface area (Å²) in [5.74, 6) is 1.73. The molecule has 0 unspecified atom stereocenters. The van der Waals surface area contributed by atoms with E-state index in [1.807, 2.05) is 18.2 Å². The van der Waals surface area contributed by atoms with E-state index in [4.69, 9.17) is 4.74 Å². The monoisotopic (exact) mass is 396 g/mol. The maximum atomic E-state index is 6.17. The summed E-state index contributed by atoms with van der Waals surface area (Å²) in [6, 6.07) is 17.2. The van der Waals surface area contributed by atoms with Crippen LogP contribution in [0.1, 0.15) is 52.7 Å². The van der Waals surface area contributed by atoms with Crippen molar-refractivity contribution in [2.45, 2.75) is 52.4 Å². The topological polar surface area (TPSA) is 37.0 Å². The highest BCUT2D eigenvalue weighted by atomic mass is 16.5. The summed E-state index contributed by atoms with van der Waals surface area (Å²) in [5.41, 5.74) is 7.60. The van der Waals surface area contributed by atoms with Crippen LogP contribution in [-0.2, 0) is 10.8 Å². The summed E-state index contributed by atoms with van der Waals surface area (Å²) in [6.45, 7) is 14.4. The molecule has 30 heavy (non-hydrogen) atoms. The zero-order valence-electron chi connectivity index (χ0n) is 18.5. The second-order valence-corrected chi connectivity index (χ2v) is 10.5. The van der Waals surface area contributed by atoms with E-state index < -0.39 is 0 Å². The molecule has 6 rings (SSSR count). The molecule has 3 heteroatoms. The molecule has 3 aromatic carbocycles. The lowest BCUT2D eigenvalue weighted by Crippen LogP contribution is -2.42. The molecule has 1 aromatic heterocycles. The number of para-hydroxylation sites is 2. The molecule has 152 valence electrons. The highest BCUT2D eigenvalue weighted by molar-refractivity contribution is 6.13. The van der Waals surface area contributed by atoms with Crippen molar-refractivity contribution in [3.63, 3.8) is 0 Å². The van der Waals surface area contributed by atoms with Gasteiger partial charge < -0.3 is 15.0 Å². The fraction of sp³-hybridized carbons (Fsp3) is 0.333. The lowest BCUT2D eigenvalue weighted by atomic mass is 9.59. The van der Waals surface area contributed by atoms with Crippen LogP contribution in [0, 0.1) is 5.41 Å². The number of aromatic nitrogens is 1. The standard InChI is InChI=1S/C27H28N2O/c1-25(2)17-13-16-15-11-12-22-24(28-19-9-7-8-10-21(19)30-22)23(15)29-20(16)14-18(17)26(3,4)27(25,5)6/h7-14,28-29H,1-6H3. The molecule has 2 N–H and O–H groups in total. The molecule has 1 aliphatic carbocycles. The number of nitrogens with one attached hydrogen (secondary N) is 2. The van der Waals surface area contributed by atoms with Gasteiger partial charge >= 0.3 is 0 Å². The molecule has 0 bridgehead atoms. The van der Waals surface area contributed by atoms with Gasteiger partial charge in [0, 0.05) is 16.3 Å². The number of H-pyrrole nitrogens is 1. The summed E-state index contributed by atoms with van der Waals surface area (Å²) < 4.78 is 6.17. The fourth-order valence-electron chi connectivity index (χ4n) is 5.61. The normalized spacial score (nSPS) is 19.7. The predicted octanol–water partition coefficient (Wildman–Crippen LogP) is 7.77. The van der Waals surface area contributed by atoms with Crippen LogP contribution in [0.15, 0.2) is 48.5 Å². The summed E-state index contributed by atoms with van der Waals surface area (Å²) in [6.07, 6.45) is 0. The minimum Gasteiger partial charge on any atom is -0.453 e. The lowest BCUT2D eigenvalue weighted by Gasteiger charge is -2.44. The Balaban J connectivity index is 1.62. The molecule has 0 fully saturated rings. The number of aromatic amines is 1. The Kier molecular flexibility index (Phi) is 3.10. The molecule has 2 aliphatic rings. The van der Waals surface area contributed by atoms with E-state index in [2.05, 4.69) is 82.2 Å². The Morgan fingerprint density at radius 3 is 2.20 bits per heavy atom. The Labute approximate surface area is 177 Å². The number of fused-ring (bicyclic) bond motifs is 7. The van der Waals surface area contributed by atoms with Gasteiger partial charge in [-0.15, -0.1) is 0 Å². The maximum Gasteiger partial charge on any atom is 0.153 e. The second-order valence-electron chi connectivity index (χ2n) is 10.5. The fourth-order valence-corrected chi connectivity index (χ4v) is 5.61. The Bertz CT molecular complexity index is 1370. The van der Waals surface area contributed by atoms with Crippen molar-refractivity contribution >= 4 is 33.2 Å². The van der Waals surface area contributed by atoms with E-state index in [-0.39, 0.29) is 16.2 Å². The molecule has 0 saturated carbocycles. The van der Waals surface area contributed by atoms with Gasteiger partial charge in [-0.1, -0.05) is 53.7 Å². The molecule has 2 heterocycles. The molecular formula is C27H28N2O. The average molecular weight is 397 g/mol. The van der Waals surface area contributed by atoms with Gasteiger partial charge in [-0.25, -0.2) is 0 Å². The van der Waals surface area contributed by atoms with Crippen molar-refractivity contribution < 1.29 is 4.74 Å². The van der Waals surface area contributed by atoms with Gasteiger partial charge in [0.15, 0.2) is 11.5 Å². The first kappa shape index (κ1) is 17.9. The Hall–Kier alpha value is -2.94. The summed E-state index contributed by atoms with van der Waals surface area (Å²) >= 11 is 0. The Morgan fingerprint density at radius 2 is 1.43 bits per heavy atom. The molecule has 1 aliphatic heterocycles. The summed E-state index contributed by atoms with van der Waals surface area (Å²) in [7, 11) is 0. The highest BCUT2D eigenvalue weighted by Crippen LogP contribution is 2.62. The smallest absolute Gasteiger partial charge is 0.153 e. The predicted molar refractivity (Wildman–Crippen MR) is 125 cm³/mol. The van der Waals surface area contributed by atoms with Gasteiger partial charge in [-0.05, 0) is 63.8 Å². The van der Waals surface area contributed by atoms with Crippen molar-refractivity contribution in [1.29, 1.82) is 0 Å². The first-order chi connectivity index (χ1) is 14.1. The number of hydrogen-bond donors (Lipinski definition) is 2. The first-order valence-corrected chi connectivity index (χ1v) is 10.8. The number of rotatable bonds is 0. The van der Waals surface area contributed by atoms with Crippen molar-refractivity contribution in [3.8, 4) is 11.5 Å². The molecular weight excluding hydrogens is 368 g/mol. The molecule has 0 saturated heterocycles. The molecule has 0 amide bonds. The third kappa shape index (κ3) is 1.91. The number of hydrogen-bond acceptors (Lipinski definition) is 2. The van der Waals surface area contributed by atoms with Crippen LogP contribution in [0.3, 0.4) is 0 Å². The second kappa shape index (κ2) is 5.21. The SMILES string of the molecule is CC1(C)c2cc3[nH]c4c5c(ccc4c3cc2C(C)(C)C1(C)C)Oc1ccccc1N5. The van der Waals surface area contributed by atoms with Gasteiger partial charge in [0.25, 0.3) is 0 Å². The van der Waals surface area contributed by atoms with Crippen LogP contribution in [0.4, 0.5) is 11.4 Å². The number of anilines is 2. The molecule has 0 radical (unpaired) electrons. The quantitative estimate of drug-likeness (QED) is 0.280. The summed E-state index contributed by atoms with van der Waals surface area (Å²) in [5, 5.41) is 6.11. The molecule has 0 spiro atoms. The van der Waals surface area contributed by atoms with Crippen LogP contribution >= 0.6 is 0 Å². The minimum absolute atomic E-state index is 0.0943. The first-order valence-electron chi connectivity index (χ1n) is 10.8. The lowest BCUT2D eigenvalue weighted by molar-refractivity contribution is 0.125. The van der Waals surface area contributed by atoms with Crippen LogP contribution < -0.4 is 10.1 Å². The highest BCUT2D eigenvalue weighted by Gasteiger charge is 2.56. The average Bonchev–Trinajstić information content (AvgIpc) is 3.12. The minimum atomic E-state index is 0.0943. The molecule has 3 nitrogen and oxygen atoms in total. The van der Waals surface area contributed by atoms with Crippen LogP contribution in [0.25, 0.3) is 21.8 Å². The van der Waals surface area contributed by atoms with Crippen LogP contribution in [-0.4, -0.2) is 4.98 Å². The largest absolute Gasteiger partial charge is 0.453 e. The van der Waals surface area contributed by atoms with Crippen molar-refractivity contribution in [2.75, 3.05) is 5.32 Å². The number of benzene rings is 3. The van der Waals surface area contributed by atoms with Gasteiger partial charge in [-0.3, -0.25) is 0 Å². The van der Waals surface area contributed by atoms with Gasteiger partial charge in [-0.2, -0.15) is 0 Å². The van der Waals surface area contributed by atoms with Crippen LogP contribution in [0.2, 0.25) is 0 Å². The summed E-state index contributed by atoms with van der Waals surface area (Å²) in [4.78, 5) is 3.72. The molecule has 4 aromatic rings. The van der Waals surface area contributed by atoms with Crippen LogP contribution in [0.5, 0.6) is 11.5 Å². The zero-order chi connectivity index (χ0) is 21.1. The zero-order valence-corrected chi connectivity index (χ0v) is 18.5. The Morgan fingerprint density at radius 1 is 0.733 bits per heavy atom. The van der Waals surface area contributed by atoms with Gasteiger partial charge in [0.1, 0.15) is 5.69 Å². The maximum absolute atomic E-state index is 6.17. The van der Waals surface area contributed by atoms with Crippen molar-refractivity contribution in [1.82, 2.24) is 4.98 Å². The number of ether oxygens (including phenoxy) is 1.